The fraction of sp³-hybridized carbons (Fsp3) is 0.471. The van der Waals surface area contributed by atoms with Gasteiger partial charge >= 0.3 is 12.2 Å². The number of hydrogen-bond donors (Lipinski definition) is 2. The summed E-state index contributed by atoms with van der Waals surface area (Å²) in [5.74, 6) is -1.17. The summed E-state index contributed by atoms with van der Waals surface area (Å²) in [6.45, 7) is 3.11. The monoisotopic (exact) mass is 386 g/mol. The molecular weight excluding hydrogens is 365 g/mol. The molecule has 1 aliphatic heterocycles. The topological polar surface area (TPSA) is 81.8 Å². The van der Waals surface area contributed by atoms with Gasteiger partial charge in [0.1, 0.15) is 0 Å². The van der Waals surface area contributed by atoms with Crippen molar-refractivity contribution in [2.45, 2.75) is 13.1 Å². The Morgan fingerprint density at radius 3 is 2.30 bits per heavy atom. The van der Waals surface area contributed by atoms with Crippen LogP contribution in [0.25, 0.3) is 0 Å². The van der Waals surface area contributed by atoms with Crippen molar-refractivity contribution in [2.75, 3.05) is 39.3 Å². The molecule has 0 bridgehead atoms. The molecule has 27 heavy (non-hydrogen) atoms. The lowest BCUT2D eigenvalue weighted by Crippen LogP contribution is -2.52. The number of imide groups is 1. The Kier molecular flexibility index (Phi) is 6.78. The van der Waals surface area contributed by atoms with E-state index in [4.69, 9.17) is 0 Å². The highest BCUT2D eigenvalue weighted by atomic mass is 19.4. The van der Waals surface area contributed by atoms with E-state index in [2.05, 4.69) is 10.6 Å². The lowest BCUT2D eigenvalue weighted by atomic mass is 10.1. The van der Waals surface area contributed by atoms with Gasteiger partial charge in [-0.25, -0.2) is 4.79 Å². The number of urea groups is 1. The average molecular weight is 386 g/mol. The van der Waals surface area contributed by atoms with Crippen molar-refractivity contribution >= 4 is 17.8 Å². The van der Waals surface area contributed by atoms with E-state index in [0.717, 1.165) is 12.1 Å². The van der Waals surface area contributed by atoms with Gasteiger partial charge in [0.25, 0.3) is 5.91 Å². The largest absolute Gasteiger partial charge is 0.417 e. The minimum atomic E-state index is -4.61. The zero-order chi connectivity index (χ0) is 20.0. The van der Waals surface area contributed by atoms with Crippen LogP contribution in [-0.4, -0.2) is 66.9 Å². The number of amides is 4. The lowest BCUT2D eigenvalue weighted by molar-refractivity contribution is -0.138. The van der Waals surface area contributed by atoms with Gasteiger partial charge in [0.2, 0.25) is 5.91 Å². The fourth-order valence-corrected chi connectivity index (χ4v) is 2.77. The van der Waals surface area contributed by atoms with Gasteiger partial charge in [-0.2, -0.15) is 13.2 Å². The molecule has 1 saturated heterocycles. The van der Waals surface area contributed by atoms with E-state index in [1.165, 1.54) is 17.0 Å². The first-order valence-electron chi connectivity index (χ1n) is 8.48. The standard InChI is InChI=1S/C17H21F3N4O3/c1-2-21-16(27)22-14(25)11-23-7-9-24(10-8-23)15(26)12-5-3-4-6-13(12)17(18,19)20/h3-6H,2,7-11H2,1H3,(H2,21,22,25,27). The van der Waals surface area contributed by atoms with Gasteiger partial charge in [-0.15, -0.1) is 0 Å². The summed E-state index contributed by atoms with van der Waals surface area (Å²) in [6.07, 6.45) is -4.61. The minimum absolute atomic E-state index is 0.0295. The van der Waals surface area contributed by atoms with E-state index in [9.17, 15) is 27.6 Å². The molecule has 1 fully saturated rings. The lowest BCUT2D eigenvalue weighted by Gasteiger charge is -2.34. The van der Waals surface area contributed by atoms with Crippen molar-refractivity contribution in [2.24, 2.45) is 0 Å². The highest BCUT2D eigenvalue weighted by Crippen LogP contribution is 2.32. The third-order valence-corrected chi connectivity index (χ3v) is 4.08. The Hall–Kier alpha value is -2.62. The molecule has 2 N–H and O–H groups in total. The van der Waals surface area contributed by atoms with Crippen molar-refractivity contribution < 1.29 is 27.6 Å². The summed E-state index contributed by atoms with van der Waals surface area (Å²) in [4.78, 5) is 38.6. The quantitative estimate of drug-likeness (QED) is 0.818. The Labute approximate surface area is 154 Å². The number of nitrogens with zero attached hydrogens (tertiary/aromatic N) is 2. The van der Waals surface area contributed by atoms with Crippen molar-refractivity contribution in [3.8, 4) is 0 Å². The molecule has 4 amide bonds. The van der Waals surface area contributed by atoms with Crippen LogP contribution in [0.1, 0.15) is 22.8 Å². The van der Waals surface area contributed by atoms with Gasteiger partial charge in [-0.3, -0.25) is 19.8 Å². The van der Waals surface area contributed by atoms with Crippen LogP contribution in [0.2, 0.25) is 0 Å². The molecule has 1 aliphatic rings. The number of nitrogens with one attached hydrogen (secondary N) is 2. The zero-order valence-corrected chi connectivity index (χ0v) is 14.8. The van der Waals surface area contributed by atoms with E-state index in [-0.39, 0.29) is 25.2 Å². The summed E-state index contributed by atoms with van der Waals surface area (Å²) in [6, 6.07) is 4.10. The number of benzene rings is 1. The minimum Gasteiger partial charge on any atom is -0.338 e. The highest BCUT2D eigenvalue weighted by molar-refractivity contribution is 5.96. The molecule has 2 rings (SSSR count). The summed E-state index contributed by atoms with van der Waals surface area (Å²) in [7, 11) is 0. The third-order valence-electron chi connectivity index (χ3n) is 4.08. The Morgan fingerprint density at radius 1 is 1.07 bits per heavy atom. The van der Waals surface area contributed by atoms with Gasteiger partial charge in [-0.05, 0) is 19.1 Å². The second kappa shape index (κ2) is 8.85. The SMILES string of the molecule is CCNC(=O)NC(=O)CN1CCN(C(=O)c2ccccc2C(F)(F)F)CC1. The van der Waals surface area contributed by atoms with Crippen LogP contribution in [0.15, 0.2) is 24.3 Å². The number of hydrogen-bond acceptors (Lipinski definition) is 4. The number of alkyl halides is 3. The molecule has 0 saturated carbocycles. The number of piperazine rings is 1. The third kappa shape index (κ3) is 5.68. The summed E-state index contributed by atoms with van der Waals surface area (Å²) in [5.41, 5.74) is -1.34. The van der Waals surface area contributed by atoms with Crippen LogP contribution in [0.3, 0.4) is 0 Å². The van der Waals surface area contributed by atoms with E-state index in [0.29, 0.717) is 19.6 Å². The molecular formula is C17H21F3N4O3. The molecule has 1 heterocycles. The highest BCUT2D eigenvalue weighted by Gasteiger charge is 2.36. The van der Waals surface area contributed by atoms with Crippen LogP contribution >= 0.6 is 0 Å². The number of halogens is 3. The summed E-state index contributed by atoms with van der Waals surface area (Å²) < 4.78 is 39.3. The predicted octanol–water partition coefficient (Wildman–Crippen LogP) is 1.31. The molecule has 148 valence electrons. The molecule has 0 atom stereocenters. The Morgan fingerprint density at radius 2 is 1.70 bits per heavy atom. The van der Waals surface area contributed by atoms with E-state index in [1.54, 1.807) is 11.8 Å². The van der Waals surface area contributed by atoms with Crippen LogP contribution in [0.5, 0.6) is 0 Å². The molecule has 0 unspecified atom stereocenters. The van der Waals surface area contributed by atoms with Crippen molar-refractivity contribution in [3.63, 3.8) is 0 Å². The molecule has 0 spiro atoms. The van der Waals surface area contributed by atoms with Gasteiger partial charge in [-0.1, -0.05) is 12.1 Å². The first-order valence-corrected chi connectivity index (χ1v) is 8.48. The molecule has 1 aromatic carbocycles. The van der Waals surface area contributed by atoms with Gasteiger partial charge < -0.3 is 10.2 Å². The molecule has 0 aromatic heterocycles. The maximum Gasteiger partial charge on any atom is 0.417 e. The van der Waals surface area contributed by atoms with Gasteiger partial charge in [0.05, 0.1) is 17.7 Å². The normalized spacial score (nSPS) is 15.3. The molecule has 0 radical (unpaired) electrons. The fourth-order valence-electron chi connectivity index (χ4n) is 2.77. The Bertz CT molecular complexity index is 701. The Balaban J connectivity index is 1.92. The molecule has 7 nitrogen and oxygen atoms in total. The maximum absolute atomic E-state index is 13.1. The number of carbonyl (C=O) groups is 3. The first-order chi connectivity index (χ1) is 12.7. The zero-order valence-electron chi connectivity index (χ0n) is 14.8. The number of rotatable bonds is 4. The number of carbonyl (C=O) groups excluding carboxylic acids is 3. The molecule has 0 aliphatic carbocycles. The average Bonchev–Trinajstić information content (AvgIpc) is 2.61. The van der Waals surface area contributed by atoms with Crippen molar-refractivity contribution in [1.29, 1.82) is 0 Å². The maximum atomic E-state index is 13.1. The summed E-state index contributed by atoms with van der Waals surface area (Å²) in [5, 5.41) is 4.61. The first kappa shape index (κ1) is 20.7. The summed E-state index contributed by atoms with van der Waals surface area (Å²) >= 11 is 0. The van der Waals surface area contributed by atoms with Gasteiger partial charge in [0.15, 0.2) is 0 Å². The molecule has 1 aromatic rings. The second-order valence-electron chi connectivity index (χ2n) is 6.02. The second-order valence-corrected chi connectivity index (χ2v) is 6.02. The van der Waals surface area contributed by atoms with Crippen LogP contribution < -0.4 is 10.6 Å². The van der Waals surface area contributed by atoms with E-state index >= 15 is 0 Å². The van der Waals surface area contributed by atoms with Crippen LogP contribution in [0, 0.1) is 0 Å². The van der Waals surface area contributed by atoms with E-state index < -0.39 is 29.6 Å². The van der Waals surface area contributed by atoms with E-state index in [1.807, 2.05) is 0 Å². The van der Waals surface area contributed by atoms with Crippen LogP contribution in [0.4, 0.5) is 18.0 Å². The molecule has 10 heteroatoms. The van der Waals surface area contributed by atoms with Crippen LogP contribution in [-0.2, 0) is 11.0 Å². The predicted molar refractivity (Wildman–Crippen MR) is 91.0 cm³/mol. The van der Waals surface area contributed by atoms with Crippen molar-refractivity contribution in [1.82, 2.24) is 20.4 Å². The van der Waals surface area contributed by atoms with Gasteiger partial charge in [0, 0.05) is 32.7 Å². The smallest absolute Gasteiger partial charge is 0.338 e. The van der Waals surface area contributed by atoms with Crippen molar-refractivity contribution in [3.05, 3.63) is 35.4 Å².